The van der Waals surface area contributed by atoms with Gasteiger partial charge in [0.2, 0.25) is 15.7 Å². The van der Waals surface area contributed by atoms with E-state index >= 15 is 0 Å². The Morgan fingerprint density at radius 2 is 1.68 bits per heavy atom. The van der Waals surface area contributed by atoms with E-state index in [0.29, 0.717) is 26.2 Å². The van der Waals surface area contributed by atoms with E-state index in [1.807, 2.05) is 0 Å². The van der Waals surface area contributed by atoms with Gasteiger partial charge in [0, 0.05) is 26.2 Å². The monoisotopic (exact) mass is 449 g/mol. The van der Waals surface area contributed by atoms with Gasteiger partial charge in [0.05, 0.1) is 28.6 Å². The summed E-state index contributed by atoms with van der Waals surface area (Å²) in [4.78, 5) is 27.2. The molecule has 0 bridgehead atoms. The number of piperazine rings is 1. The van der Waals surface area contributed by atoms with Gasteiger partial charge in [-0.05, 0) is 37.3 Å². The standard InChI is InChI=1S/C21H24FN3O5S/c1-2-30-21(27)25-12-10-24(11-13-25)20(26)15-23-18-9-8-16(22)14-19(18)31(28,29)17-6-4-3-5-7-17/h3-9,14,23H,2,10-13,15H2,1H3. The first kappa shape index (κ1) is 22.5. The van der Waals surface area contributed by atoms with Gasteiger partial charge >= 0.3 is 6.09 Å². The Kier molecular flexibility index (Phi) is 7.11. The van der Waals surface area contributed by atoms with E-state index in [1.54, 1.807) is 30.0 Å². The van der Waals surface area contributed by atoms with Crippen LogP contribution in [0, 0.1) is 5.82 Å². The summed E-state index contributed by atoms with van der Waals surface area (Å²) in [6.45, 7) is 3.25. The van der Waals surface area contributed by atoms with Crippen LogP contribution in [0.3, 0.4) is 0 Å². The maximum atomic E-state index is 13.8. The highest BCUT2D eigenvalue weighted by Gasteiger charge is 2.26. The molecular formula is C21H24FN3O5S. The van der Waals surface area contributed by atoms with Crippen molar-refractivity contribution < 1.29 is 27.1 Å². The smallest absolute Gasteiger partial charge is 0.409 e. The molecule has 1 heterocycles. The fraction of sp³-hybridized carbons (Fsp3) is 0.333. The van der Waals surface area contributed by atoms with Crippen LogP contribution in [0.15, 0.2) is 58.3 Å². The maximum absolute atomic E-state index is 13.8. The van der Waals surface area contributed by atoms with Crippen LogP contribution in [0.2, 0.25) is 0 Å². The van der Waals surface area contributed by atoms with Crippen molar-refractivity contribution in [1.82, 2.24) is 9.80 Å². The predicted molar refractivity (Wildman–Crippen MR) is 112 cm³/mol. The molecular weight excluding hydrogens is 425 g/mol. The number of hydrogen-bond donors (Lipinski definition) is 1. The van der Waals surface area contributed by atoms with E-state index in [-0.39, 0.29) is 34.5 Å². The summed E-state index contributed by atoms with van der Waals surface area (Å²) in [5.41, 5.74) is 0.142. The Bertz CT molecular complexity index is 1040. The van der Waals surface area contributed by atoms with Crippen molar-refractivity contribution in [3.63, 3.8) is 0 Å². The fourth-order valence-corrected chi connectivity index (χ4v) is 4.69. The predicted octanol–water partition coefficient (Wildman–Crippen LogP) is 2.37. The lowest BCUT2D eigenvalue weighted by atomic mass is 10.3. The molecule has 0 aromatic heterocycles. The fourth-order valence-electron chi connectivity index (χ4n) is 3.23. The first-order chi connectivity index (χ1) is 14.8. The average Bonchev–Trinajstić information content (AvgIpc) is 2.79. The molecule has 1 aliphatic heterocycles. The number of hydrogen-bond acceptors (Lipinski definition) is 6. The van der Waals surface area contributed by atoms with Gasteiger partial charge in [-0.25, -0.2) is 17.6 Å². The number of anilines is 1. The lowest BCUT2D eigenvalue weighted by Gasteiger charge is -2.34. The number of benzene rings is 2. The minimum Gasteiger partial charge on any atom is -0.450 e. The molecule has 1 fully saturated rings. The van der Waals surface area contributed by atoms with Crippen molar-refractivity contribution in [2.24, 2.45) is 0 Å². The van der Waals surface area contributed by atoms with Crippen LogP contribution in [0.4, 0.5) is 14.9 Å². The number of nitrogens with one attached hydrogen (secondary N) is 1. The molecule has 0 unspecified atom stereocenters. The van der Waals surface area contributed by atoms with Gasteiger partial charge in [-0.2, -0.15) is 0 Å². The van der Waals surface area contributed by atoms with E-state index < -0.39 is 21.7 Å². The second-order valence-electron chi connectivity index (χ2n) is 6.88. The van der Waals surface area contributed by atoms with Crippen molar-refractivity contribution in [3.8, 4) is 0 Å². The number of carbonyl (C=O) groups excluding carboxylic acids is 2. The minimum absolute atomic E-state index is 0.0325. The minimum atomic E-state index is -3.97. The molecule has 1 aliphatic rings. The van der Waals surface area contributed by atoms with Crippen molar-refractivity contribution in [2.45, 2.75) is 16.7 Å². The molecule has 1 N–H and O–H groups in total. The van der Waals surface area contributed by atoms with Crippen LogP contribution in [0.5, 0.6) is 0 Å². The van der Waals surface area contributed by atoms with Crippen molar-refractivity contribution >= 4 is 27.5 Å². The zero-order valence-corrected chi connectivity index (χ0v) is 17.9. The SMILES string of the molecule is CCOC(=O)N1CCN(C(=O)CNc2ccc(F)cc2S(=O)(=O)c2ccccc2)CC1. The third-order valence-electron chi connectivity index (χ3n) is 4.88. The molecule has 8 nitrogen and oxygen atoms in total. The summed E-state index contributed by atoms with van der Waals surface area (Å²) < 4.78 is 44.7. The van der Waals surface area contributed by atoms with Crippen molar-refractivity contribution in [3.05, 3.63) is 54.3 Å². The molecule has 3 rings (SSSR count). The molecule has 0 aliphatic carbocycles. The van der Waals surface area contributed by atoms with E-state index in [1.165, 1.54) is 23.1 Å². The van der Waals surface area contributed by atoms with E-state index in [0.717, 1.165) is 12.1 Å². The summed E-state index contributed by atoms with van der Waals surface area (Å²) in [6.07, 6.45) is -0.408. The molecule has 0 saturated carbocycles. The number of nitrogens with zero attached hydrogens (tertiary/aromatic N) is 2. The molecule has 2 aromatic carbocycles. The third-order valence-corrected chi connectivity index (χ3v) is 6.68. The number of amides is 2. The van der Waals surface area contributed by atoms with Crippen molar-refractivity contribution in [1.29, 1.82) is 0 Å². The van der Waals surface area contributed by atoms with Gasteiger partial charge in [0.1, 0.15) is 5.82 Å². The van der Waals surface area contributed by atoms with Gasteiger partial charge in [0.25, 0.3) is 0 Å². The maximum Gasteiger partial charge on any atom is 0.409 e. The van der Waals surface area contributed by atoms with Crippen LogP contribution >= 0.6 is 0 Å². The second kappa shape index (κ2) is 9.78. The van der Waals surface area contributed by atoms with Crippen LogP contribution in [0.25, 0.3) is 0 Å². The number of halogens is 1. The first-order valence-corrected chi connectivity index (χ1v) is 11.3. The summed E-state index contributed by atoms with van der Waals surface area (Å²) in [6, 6.07) is 11.1. The van der Waals surface area contributed by atoms with Crippen LogP contribution in [-0.2, 0) is 19.4 Å². The second-order valence-corrected chi connectivity index (χ2v) is 8.80. The van der Waals surface area contributed by atoms with E-state index in [9.17, 15) is 22.4 Å². The van der Waals surface area contributed by atoms with Gasteiger partial charge in [-0.1, -0.05) is 18.2 Å². The lowest BCUT2D eigenvalue weighted by molar-refractivity contribution is -0.130. The van der Waals surface area contributed by atoms with Crippen LogP contribution < -0.4 is 5.32 Å². The number of ether oxygens (including phenoxy) is 1. The number of rotatable bonds is 6. The van der Waals surface area contributed by atoms with Crippen molar-refractivity contribution in [2.75, 3.05) is 44.6 Å². The lowest BCUT2D eigenvalue weighted by Crippen LogP contribution is -2.51. The van der Waals surface area contributed by atoms with Crippen LogP contribution in [0.1, 0.15) is 6.92 Å². The largest absolute Gasteiger partial charge is 0.450 e. The van der Waals surface area contributed by atoms with Gasteiger partial charge in [-0.15, -0.1) is 0 Å². The molecule has 0 atom stereocenters. The normalized spacial score (nSPS) is 14.3. The zero-order valence-electron chi connectivity index (χ0n) is 17.1. The van der Waals surface area contributed by atoms with Gasteiger partial charge in [-0.3, -0.25) is 4.79 Å². The average molecular weight is 450 g/mol. The highest BCUT2D eigenvalue weighted by molar-refractivity contribution is 7.91. The Morgan fingerprint density at radius 1 is 1.03 bits per heavy atom. The van der Waals surface area contributed by atoms with Gasteiger partial charge in [0.15, 0.2) is 0 Å². The summed E-state index contributed by atoms with van der Waals surface area (Å²) in [7, 11) is -3.97. The first-order valence-electron chi connectivity index (χ1n) is 9.86. The van der Waals surface area contributed by atoms with Crippen LogP contribution in [-0.4, -0.2) is 69.5 Å². The molecule has 0 spiro atoms. The molecule has 10 heteroatoms. The third kappa shape index (κ3) is 5.32. The van der Waals surface area contributed by atoms with E-state index in [2.05, 4.69) is 5.32 Å². The Labute approximate surface area is 180 Å². The highest BCUT2D eigenvalue weighted by atomic mass is 32.2. The molecule has 2 aromatic rings. The Morgan fingerprint density at radius 3 is 2.32 bits per heavy atom. The Balaban J connectivity index is 1.68. The zero-order chi connectivity index (χ0) is 22.4. The topological polar surface area (TPSA) is 96.0 Å². The molecule has 0 radical (unpaired) electrons. The summed E-state index contributed by atoms with van der Waals surface area (Å²) >= 11 is 0. The number of sulfone groups is 1. The summed E-state index contributed by atoms with van der Waals surface area (Å²) in [5, 5.41) is 2.83. The quantitative estimate of drug-likeness (QED) is 0.728. The number of carbonyl (C=O) groups is 2. The molecule has 1 saturated heterocycles. The highest BCUT2D eigenvalue weighted by Crippen LogP contribution is 2.28. The van der Waals surface area contributed by atoms with E-state index in [4.69, 9.17) is 4.74 Å². The molecule has 2 amide bonds. The molecule has 31 heavy (non-hydrogen) atoms. The summed E-state index contributed by atoms with van der Waals surface area (Å²) in [5.74, 6) is -0.947. The molecule has 166 valence electrons. The van der Waals surface area contributed by atoms with Gasteiger partial charge < -0.3 is 19.9 Å². The Hall–Kier alpha value is -3.14.